The zero-order chi connectivity index (χ0) is 28.8. The number of hydrogen-bond donors (Lipinski definition) is 7. The van der Waals surface area contributed by atoms with Gasteiger partial charge in [0.25, 0.3) is 0 Å². The van der Waals surface area contributed by atoms with Crippen LogP contribution in [0.15, 0.2) is 17.3 Å². The van der Waals surface area contributed by atoms with E-state index in [0.717, 1.165) is 71.1 Å². The molecule has 0 aromatic heterocycles. The average molecular weight is 564 g/mol. The number of allylic oxidation sites excluding steroid dienone is 1. The Morgan fingerprint density at radius 2 is 2.05 bits per heavy atom. The Kier molecular flexibility index (Phi) is 11.0. The first kappa shape index (κ1) is 31.4. The van der Waals surface area contributed by atoms with Crippen molar-refractivity contribution in [3.8, 4) is 0 Å². The van der Waals surface area contributed by atoms with Crippen molar-refractivity contribution in [1.82, 2.24) is 15.5 Å². The summed E-state index contributed by atoms with van der Waals surface area (Å²) in [7, 11) is 0. The Hall–Kier alpha value is -1.56. The Balaban J connectivity index is 1.16. The number of nitrogens with two attached hydrogens (primary N) is 1. The molecule has 0 aromatic carbocycles. The van der Waals surface area contributed by atoms with Crippen molar-refractivity contribution in [3.05, 3.63) is 12.3 Å². The first-order valence-corrected chi connectivity index (χ1v) is 15.7. The van der Waals surface area contributed by atoms with Gasteiger partial charge in [0, 0.05) is 18.5 Å². The summed E-state index contributed by atoms with van der Waals surface area (Å²) >= 11 is 0. The summed E-state index contributed by atoms with van der Waals surface area (Å²) in [5.74, 6) is -0.385. The highest BCUT2D eigenvalue weighted by atomic mass is 16.4. The van der Waals surface area contributed by atoms with Crippen LogP contribution in [0.1, 0.15) is 90.9 Å². The second kappa shape index (κ2) is 14.1. The third-order valence-corrected chi connectivity index (χ3v) is 10.0. The van der Waals surface area contributed by atoms with Gasteiger partial charge in [-0.15, -0.1) is 0 Å². The SMILES string of the molecule is CC1C(O)CC([NH+]2CC=NC2)C2CC(CCCCCCCC(O)(CNC3(C)CCNC(N)C3)CC(=O)O)C=CN12. The van der Waals surface area contributed by atoms with Crippen LogP contribution in [0.5, 0.6) is 0 Å². The smallest absolute Gasteiger partial charge is 0.306 e. The van der Waals surface area contributed by atoms with E-state index in [4.69, 9.17) is 5.73 Å². The molecule has 9 atom stereocenters. The molecule has 0 amide bonds. The molecule has 0 aromatic rings. The summed E-state index contributed by atoms with van der Waals surface area (Å²) in [6, 6.07) is 1.05. The lowest BCUT2D eigenvalue weighted by molar-refractivity contribution is -0.915. The first-order valence-electron chi connectivity index (χ1n) is 15.7. The van der Waals surface area contributed by atoms with E-state index in [1.807, 2.05) is 6.21 Å². The lowest BCUT2D eigenvalue weighted by Crippen LogP contribution is -3.16. The predicted molar refractivity (Wildman–Crippen MR) is 157 cm³/mol. The second-order valence-corrected chi connectivity index (χ2v) is 13.4. The number of nitrogens with one attached hydrogen (secondary N) is 3. The number of hydrogen-bond acceptors (Lipinski definition) is 8. The highest BCUT2D eigenvalue weighted by molar-refractivity contribution is 5.68. The molecule has 0 aliphatic carbocycles. The molecule has 4 aliphatic rings. The fourth-order valence-electron chi connectivity index (χ4n) is 7.46. The van der Waals surface area contributed by atoms with Gasteiger partial charge in [-0.05, 0) is 64.6 Å². The molecule has 228 valence electrons. The number of quaternary nitrogens is 1. The van der Waals surface area contributed by atoms with Gasteiger partial charge >= 0.3 is 5.97 Å². The number of carbonyl (C=O) groups is 1. The van der Waals surface area contributed by atoms with Crippen LogP contribution in [0, 0.1) is 5.92 Å². The molecular formula is C30H55N6O4+. The van der Waals surface area contributed by atoms with Gasteiger partial charge in [-0.25, -0.2) is 4.99 Å². The van der Waals surface area contributed by atoms with E-state index >= 15 is 0 Å². The number of fused-ring (bicyclic) bond motifs is 1. The quantitative estimate of drug-likeness (QED) is 0.152. The summed E-state index contributed by atoms with van der Waals surface area (Å²) in [5.41, 5.74) is 4.62. The van der Waals surface area contributed by atoms with Gasteiger partial charge in [-0.1, -0.05) is 38.2 Å². The number of nitrogens with zero attached hydrogens (tertiary/aromatic N) is 2. The molecule has 4 heterocycles. The number of carboxylic acid groups (broad SMARTS) is 1. The van der Waals surface area contributed by atoms with E-state index in [1.54, 1.807) is 0 Å². The molecule has 10 nitrogen and oxygen atoms in total. The minimum Gasteiger partial charge on any atom is -0.481 e. The summed E-state index contributed by atoms with van der Waals surface area (Å²) in [4.78, 5) is 19.8. The molecule has 0 bridgehead atoms. The van der Waals surface area contributed by atoms with Crippen LogP contribution in [0.4, 0.5) is 0 Å². The monoisotopic (exact) mass is 563 g/mol. The van der Waals surface area contributed by atoms with Crippen molar-refractivity contribution in [2.75, 3.05) is 26.3 Å². The number of rotatable bonds is 14. The third-order valence-electron chi connectivity index (χ3n) is 10.0. The molecule has 4 aliphatic heterocycles. The van der Waals surface area contributed by atoms with Gasteiger partial charge in [0.2, 0.25) is 0 Å². The van der Waals surface area contributed by atoms with Crippen LogP contribution in [0.2, 0.25) is 0 Å². The number of aliphatic imine (C=N–C) groups is 1. The number of carboxylic acids is 1. The van der Waals surface area contributed by atoms with Crippen molar-refractivity contribution in [2.45, 2.75) is 132 Å². The van der Waals surface area contributed by atoms with Gasteiger partial charge in [0.05, 0.1) is 42.6 Å². The minimum atomic E-state index is -1.24. The fourth-order valence-corrected chi connectivity index (χ4v) is 7.46. The van der Waals surface area contributed by atoms with Crippen molar-refractivity contribution in [3.63, 3.8) is 0 Å². The standard InChI is InChI=1S/C30H54N6O4/c1-22-26(37)17-24(35-15-13-32-21-35)25-16-23(9-14-36(22)25)8-6-4-3-5-7-10-30(40,19-28(38)39)20-34-29(2)11-12-33-27(31)18-29/h9,13-14,22-27,33-34,37,40H,3-8,10-12,15-21,31H2,1-2H3,(H,38,39)/p+1. The fraction of sp³-hybridized carbons (Fsp3) is 0.867. The van der Waals surface area contributed by atoms with E-state index in [1.165, 1.54) is 17.7 Å². The Bertz CT molecular complexity index is 880. The molecule has 8 N–H and O–H groups in total. The third kappa shape index (κ3) is 8.49. The van der Waals surface area contributed by atoms with Gasteiger partial charge in [0.15, 0.2) is 6.67 Å². The number of β-amino-alcohol motifs (C(OH)–C–C–N with tert-alkyl or cyclic N) is 1. The Morgan fingerprint density at radius 3 is 2.77 bits per heavy atom. The van der Waals surface area contributed by atoms with E-state index in [-0.39, 0.29) is 36.8 Å². The number of aliphatic hydroxyl groups is 2. The summed E-state index contributed by atoms with van der Waals surface area (Å²) in [6.45, 7) is 7.13. The van der Waals surface area contributed by atoms with E-state index in [9.17, 15) is 20.1 Å². The molecule has 0 spiro atoms. The molecular weight excluding hydrogens is 508 g/mol. The second-order valence-electron chi connectivity index (χ2n) is 13.4. The molecule has 0 saturated carbocycles. The highest BCUT2D eigenvalue weighted by Gasteiger charge is 2.46. The average Bonchev–Trinajstić information content (AvgIpc) is 3.43. The predicted octanol–water partition coefficient (Wildman–Crippen LogP) is 0.592. The normalized spacial score (nSPS) is 37.3. The van der Waals surface area contributed by atoms with Crippen LogP contribution in [-0.4, -0.2) is 100 Å². The Morgan fingerprint density at radius 1 is 1.27 bits per heavy atom. The molecule has 2 fully saturated rings. The molecule has 9 unspecified atom stereocenters. The van der Waals surface area contributed by atoms with E-state index in [0.29, 0.717) is 24.4 Å². The maximum Gasteiger partial charge on any atom is 0.306 e. The van der Waals surface area contributed by atoms with Crippen LogP contribution >= 0.6 is 0 Å². The van der Waals surface area contributed by atoms with Crippen LogP contribution < -0.4 is 21.3 Å². The van der Waals surface area contributed by atoms with Crippen molar-refractivity contribution >= 4 is 12.2 Å². The van der Waals surface area contributed by atoms with Gasteiger partial charge in [-0.2, -0.15) is 0 Å². The van der Waals surface area contributed by atoms with Crippen LogP contribution in [0.3, 0.4) is 0 Å². The first-order chi connectivity index (χ1) is 19.1. The zero-order valence-corrected chi connectivity index (χ0v) is 24.7. The van der Waals surface area contributed by atoms with Crippen molar-refractivity contribution in [1.29, 1.82) is 0 Å². The van der Waals surface area contributed by atoms with Gasteiger partial charge in [0.1, 0.15) is 12.6 Å². The molecule has 40 heavy (non-hydrogen) atoms. The van der Waals surface area contributed by atoms with Gasteiger partial charge in [-0.3, -0.25) is 4.79 Å². The maximum absolute atomic E-state index is 11.5. The summed E-state index contributed by atoms with van der Waals surface area (Å²) in [6.07, 6.45) is 16.6. The molecule has 0 radical (unpaired) electrons. The van der Waals surface area contributed by atoms with E-state index < -0.39 is 11.6 Å². The summed E-state index contributed by atoms with van der Waals surface area (Å²) < 4.78 is 0. The Labute approximate surface area is 240 Å². The van der Waals surface area contributed by atoms with E-state index in [2.05, 4.69) is 46.6 Å². The number of aliphatic hydroxyl groups excluding tert-OH is 1. The maximum atomic E-state index is 11.5. The zero-order valence-electron chi connectivity index (χ0n) is 24.7. The molecule has 2 saturated heterocycles. The number of piperidine rings is 2. The summed E-state index contributed by atoms with van der Waals surface area (Å²) in [5, 5.41) is 38.0. The van der Waals surface area contributed by atoms with Crippen LogP contribution in [-0.2, 0) is 4.79 Å². The largest absolute Gasteiger partial charge is 0.481 e. The molecule has 4 rings (SSSR count). The minimum absolute atomic E-state index is 0.0804. The van der Waals surface area contributed by atoms with Crippen molar-refractivity contribution < 1.29 is 25.0 Å². The molecule has 10 heteroatoms. The number of aliphatic carboxylic acids is 1. The lowest BCUT2D eigenvalue weighted by atomic mass is 9.80. The van der Waals surface area contributed by atoms with Gasteiger partial charge < -0.3 is 41.5 Å². The van der Waals surface area contributed by atoms with Crippen LogP contribution in [0.25, 0.3) is 0 Å². The van der Waals surface area contributed by atoms with Crippen molar-refractivity contribution in [2.24, 2.45) is 16.6 Å². The topological polar surface area (TPSA) is 148 Å². The number of unbranched alkanes of at least 4 members (excludes halogenated alkanes) is 4. The lowest BCUT2D eigenvalue weighted by Gasteiger charge is -2.50. The highest BCUT2D eigenvalue weighted by Crippen LogP contribution is 2.33.